The molecule has 0 saturated heterocycles. The maximum Gasteiger partial charge on any atom is 0.170 e. The van der Waals surface area contributed by atoms with Gasteiger partial charge in [0.15, 0.2) is 11.6 Å². The molecule has 0 radical (unpaired) electrons. The highest BCUT2D eigenvalue weighted by Crippen LogP contribution is 2.31. The number of hydrogen-bond donors (Lipinski definition) is 1. The van der Waals surface area contributed by atoms with Gasteiger partial charge in [-0.25, -0.2) is 4.39 Å². The molecule has 0 amide bonds. The van der Waals surface area contributed by atoms with Gasteiger partial charge in [-0.2, -0.15) is 0 Å². The van der Waals surface area contributed by atoms with E-state index in [1.165, 1.54) is 7.11 Å². The lowest BCUT2D eigenvalue weighted by Gasteiger charge is -2.20. The van der Waals surface area contributed by atoms with E-state index in [1.54, 1.807) is 36.5 Å². The molecule has 2 rings (SSSR count). The summed E-state index contributed by atoms with van der Waals surface area (Å²) in [6.45, 7) is 2.61. The summed E-state index contributed by atoms with van der Waals surface area (Å²) in [4.78, 5) is 4.27. The van der Waals surface area contributed by atoms with E-state index in [-0.39, 0.29) is 5.75 Å². The molecular formula is C15H16ClFN2O. The third-order valence-corrected chi connectivity index (χ3v) is 3.31. The summed E-state index contributed by atoms with van der Waals surface area (Å²) in [5.41, 5.74) is 1.06. The maximum atomic E-state index is 14.4. The predicted molar refractivity (Wildman–Crippen MR) is 77.7 cm³/mol. The second kappa shape index (κ2) is 6.68. The first-order chi connectivity index (χ1) is 9.69. The van der Waals surface area contributed by atoms with Crippen molar-refractivity contribution >= 4 is 11.6 Å². The van der Waals surface area contributed by atoms with Gasteiger partial charge in [-0.05, 0) is 24.7 Å². The Morgan fingerprint density at radius 3 is 2.80 bits per heavy atom. The Bertz CT molecular complexity index is 592. The Morgan fingerprint density at radius 2 is 2.15 bits per heavy atom. The molecule has 0 aliphatic heterocycles. The van der Waals surface area contributed by atoms with Gasteiger partial charge in [-0.3, -0.25) is 4.98 Å². The average molecular weight is 295 g/mol. The summed E-state index contributed by atoms with van der Waals surface area (Å²) >= 11 is 6.17. The highest BCUT2D eigenvalue weighted by Gasteiger charge is 2.22. The SMILES string of the molecule is CCNC(c1cccc(OC)c1F)c1ncccc1Cl. The van der Waals surface area contributed by atoms with Crippen molar-refractivity contribution in [2.75, 3.05) is 13.7 Å². The summed E-state index contributed by atoms with van der Waals surface area (Å²) < 4.78 is 19.5. The van der Waals surface area contributed by atoms with Crippen LogP contribution < -0.4 is 10.1 Å². The van der Waals surface area contributed by atoms with Gasteiger partial charge in [-0.1, -0.05) is 30.7 Å². The molecular weight excluding hydrogens is 279 g/mol. The Hall–Kier alpha value is -1.65. The summed E-state index contributed by atoms with van der Waals surface area (Å²) in [7, 11) is 1.44. The van der Waals surface area contributed by atoms with Gasteiger partial charge in [-0.15, -0.1) is 0 Å². The molecule has 0 bridgehead atoms. The van der Waals surface area contributed by atoms with Gasteiger partial charge in [0.1, 0.15) is 0 Å². The molecule has 1 unspecified atom stereocenters. The number of hydrogen-bond acceptors (Lipinski definition) is 3. The Labute approximate surface area is 122 Å². The van der Waals surface area contributed by atoms with E-state index in [4.69, 9.17) is 16.3 Å². The average Bonchev–Trinajstić information content (AvgIpc) is 2.46. The Balaban J connectivity index is 2.52. The van der Waals surface area contributed by atoms with Crippen molar-refractivity contribution in [3.05, 3.63) is 58.6 Å². The van der Waals surface area contributed by atoms with Crippen LogP contribution in [0.1, 0.15) is 24.2 Å². The second-order valence-corrected chi connectivity index (χ2v) is 4.63. The van der Waals surface area contributed by atoms with Crippen molar-refractivity contribution in [3.8, 4) is 5.75 Å². The summed E-state index contributed by atoms with van der Waals surface area (Å²) in [5.74, 6) is -0.194. The molecule has 0 aliphatic carbocycles. The van der Waals surface area contributed by atoms with E-state index in [9.17, 15) is 4.39 Å². The van der Waals surface area contributed by atoms with Crippen molar-refractivity contribution in [2.45, 2.75) is 13.0 Å². The fourth-order valence-corrected chi connectivity index (χ4v) is 2.31. The number of pyridine rings is 1. The van der Waals surface area contributed by atoms with Crippen LogP contribution in [0.5, 0.6) is 5.75 Å². The van der Waals surface area contributed by atoms with Gasteiger partial charge in [0.05, 0.1) is 23.9 Å². The lowest BCUT2D eigenvalue weighted by atomic mass is 10.0. The molecule has 5 heteroatoms. The summed E-state index contributed by atoms with van der Waals surface area (Å²) in [6, 6.07) is 8.11. The molecule has 1 aromatic carbocycles. The summed E-state index contributed by atoms with van der Waals surface area (Å²) in [5, 5.41) is 3.71. The minimum Gasteiger partial charge on any atom is -0.494 e. The number of rotatable bonds is 5. The molecule has 106 valence electrons. The lowest BCUT2D eigenvalue weighted by Crippen LogP contribution is -2.24. The minimum atomic E-state index is -0.413. The number of halogens is 2. The fraction of sp³-hybridized carbons (Fsp3) is 0.267. The molecule has 20 heavy (non-hydrogen) atoms. The van der Waals surface area contributed by atoms with Crippen LogP contribution in [-0.4, -0.2) is 18.6 Å². The summed E-state index contributed by atoms with van der Waals surface area (Å²) in [6.07, 6.45) is 1.64. The topological polar surface area (TPSA) is 34.1 Å². The zero-order chi connectivity index (χ0) is 14.5. The van der Waals surface area contributed by atoms with Crippen LogP contribution in [0.2, 0.25) is 5.02 Å². The van der Waals surface area contributed by atoms with Crippen LogP contribution in [-0.2, 0) is 0 Å². The van der Waals surface area contributed by atoms with E-state index in [2.05, 4.69) is 10.3 Å². The molecule has 0 saturated carbocycles. The Kier molecular flexibility index (Phi) is 4.93. The van der Waals surface area contributed by atoms with Crippen LogP contribution in [0.15, 0.2) is 36.5 Å². The van der Waals surface area contributed by atoms with Crippen LogP contribution in [0.4, 0.5) is 4.39 Å². The smallest absolute Gasteiger partial charge is 0.170 e. The molecule has 0 spiro atoms. The second-order valence-electron chi connectivity index (χ2n) is 4.22. The third-order valence-electron chi connectivity index (χ3n) is 2.99. The Morgan fingerprint density at radius 1 is 1.35 bits per heavy atom. The van der Waals surface area contributed by atoms with E-state index in [0.717, 1.165) is 0 Å². The first-order valence-corrected chi connectivity index (χ1v) is 6.73. The number of methoxy groups -OCH3 is 1. The molecule has 1 N–H and O–H groups in total. The zero-order valence-corrected chi connectivity index (χ0v) is 12.1. The molecule has 0 aliphatic rings. The van der Waals surface area contributed by atoms with Crippen molar-refractivity contribution in [3.63, 3.8) is 0 Å². The van der Waals surface area contributed by atoms with Gasteiger partial charge >= 0.3 is 0 Å². The predicted octanol–water partition coefficient (Wildman–Crippen LogP) is 3.58. The highest BCUT2D eigenvalue weighted by atomic mass is 35.5. The van der Waals surface area contributed by atoms with Crippen molar-refractivity contribution < 1.29 is 9.13 Å². The monoisotopic (exact) mass is 294 g/mol. The highest BCUT2D eigenvalue weighted by molar-refractivity contribution is 6.31. The molecule has 1 aromatic heterocycles. The lowest BCUT2D eigenvalue weighted by molar-refractivity contribution is 0.381. The van der Waals surface area contributed by atoms with Crippen molar-refractivity contribution in [2.24, 2.45) is 0 Å². The molecule has 1 heterocycles. The van der Waals surface area contributed by atoms with E-state index < -0.39 is 11.9 Å². The van der Waals surface area contributed by atoms with Crippen LogP contribution in [0, 0.1) is 5.82 Å². The van der Waals surface area contributed by atoms with E-state index in [0.29, 0.717) is 22.8 Å². The maximum absolute atomic E-state index is 14.4. The normalized spacial score (nSPS) is 12.2. The number of aromatic nitrogens is 1. The standard InChI is InChI=1S/C15H16ClFN2O/c1-3-18-14(15-11(16)7-5-9-19-15)10-6-4-8-12(20-2)13(10)17/h4-9,14,18H,3H2,1-2H3. The fourth-order valence-electron chi connectivity index (χ4n) is 2.08. The van der Waals surface area contributed by atoms with Crippen LogP contribution in [0.25, 0.3) is 0 Å². The molecule has 0 fully saturated rings. The van der Waals surface area contributed by atoms with Gasteiger partial charge in [0.25, 0.3) is 0 Å². The first-order valence-electron chi connectivity index (χ1n) is 6.35. The molecule has 2 aromatic rings. The van der Waals surface area contributed by atoms with Crippen LogP contribution in [0.3, 0.4) is 0 Å². The number of nitrogens with one attached hydrogen (secondary N) is 1. The van der Waals surface area contributed by atoms with Gasteiger partial charge in [0, 0.05) is 11.8 Å². The van der Waals surface area contributed by atoms with Crippen molar-refractivity contribution in [1.29, 1.82) is 0 Å². The molecule has 3 nitrogen and oxygen atoms in total. The van der Waals surface area contributed by atoms with E-state index >= 15 is 0 Å². The largest absolute Gasteiger partial charge is 0.494 e. The first kappa shape index (κ1) is 14.8. The van der Waals surface area contributed by atoms with E-state index in [1.807, 2.05) is 6.92 Å². The third kappa shape index (κ3) is 2.92. The number of benzene rings is 1. The van der Waals surface area contributed by atoms with Gasteiger partial charge in [0.2, 0.25) is 0 Å². The van der Waals surface area contributed by atoms with Gasteiger partial charge < -0.3 is 10.1 Å². The number of nitrogens with zero attached hydrogens (tertiary/aromatic N) is 1. The zero-order valence-electron chi connectivity index (χ0n) is 11.4. The molecule has 1 atom stereocenters. The van der Waals surface area contributed by atoms with Crippen LogP contribution >= 0.6 is 11.6 Å². The minimum absolute atomic E-state index is 0.206. The van der Waals surface area contributed by atoms with Crippen molar-refractivity contribution in [1.82, 2.24) is 10.3 Å². The number of ether oxygens (including phenoxy) is 1. The quantitative estimate of drug-likeness (QED) is 0.915.